The fraction of sp³-hybridized carbons (Fsp3) is 0.579. The van der Waals surface area contributed by atoms with Crippen LogP contribution in [0.1, 0.15) is 44.0 Å². The lowest BCUT2D eigenvalue weighted by molar-refractivity contribution is 0.0925. The van der Waals surface area contributed by atoms with Crippen molar-refractivity contribution in [2.24, 2.45) is 5.92 Å². The first-order valence-corrected chi connectivity index (χ1v) is 9.24. The number of nitrogens with one attached hydrogen (secondary N) is 1. The van der Waals surface area contributed by atoms with Crippen molar-refractivity contribution >= 4 is 12.4 Å². The largest absolute Gasteiger partial charge is 0.337 e. The highest BCUT2D eigenvalue weighted by Crippen LogP contribution is 2.32. The van der Waals surface area contributed by atoms with Crippen molar-refractivity contribution in [3.8, 4) is 11.4 Å². The van der Waals surface area contributed by atoms with E-state index < -0.39 is 0 Å². The second-order valence-corrected chi connectivity index (χ2v) is 7.02. The van der Waals surface area contributed by atoms with Gasteiger partial charge < -0.3 is 9.84 Å². The van der Waals surface area contributed by atoms with Crippen LogP contribution in [0.5, 0.6) is 0 Å². The molecule has 0 spiro atoms. The van der Waals surface area contributed by atoms with E-state index in [9.17, 15) is 0 Å². The summed E-state index contributed by atoms with van der Waals surface area (Å²) in [6.07, 6.45) is 6.21. The molecule has 2 aromatic rings. The SMILES string of the molecule is Cl.c1ccc(-c2noc(C3CCCCN3CC3CCNCC3)n2)cc1. The van der Waals surface area contributed by atoms with Crippen LogP contribution in [0.4, 0.5) is 0 Å². The molecule has 25 heavy (non-hydrogen) atoms. The molecule has 0 saturated carbocycles. The van der Waals surface area contributed by atoms with Crippen LogP contribution in [0.25, 0.3) is 11.4 Å². The molecular formula is C19H27ClN4O. The zero-order valence-corrected chi connectivity index (χ0v) is 15.4. The molecule has 4 rings (SSSR count). The molecule has 1 aromatic carbocycles. The zero-order chi connectivity index (χ0) is 16.2. The van der Waals surface area contributed by atoms with E-state index >= 15 is 0 Å². The minimum absolute atomic E-state index is 0. The Bertz CT molecular complexity index is 642. The number of hydrogen-bond donors (Lipinski definition) is 1. The van der Waals surface area contributed by atoms with E-state index in [1.54, 1.807) is 0 Å². The zero-order valence-electron chi connectivity index (χ0n) is 14.6. The van der Waals surface area contributed by atoms with Crippen molar-refractivity contribution in [2.45, 2.75) is 38.1 Å². The number of likely N-dealkylation sites (tertiary alicyclic amines) is 1. The summed E-state index contributed by atoms with van der Waals surface area (Å²) in [4.78, 5) is 7.30. The maximum absolute atomic E-state index is 5.66. The van der Waals surface area contributed by atoms with Gasteiger partial charge in [-0.1, -0.05) is 41.9 Å². The smallest absolute Gasteiger partial charge is 0.244 e. The Labute approximate surface area is 155 Å². The Morgan fingerprint density at radius 2 is 1.88 bits per heavy atom. The summed E-state index contributed by atoms with van der Waals surface area (Å²) in [7, 11) is 0. The Morgan fingerprint density at radius 3 is 2.68 bits per heavy atom. The topological polar surface area (TPSA) is 54.2 Å². The quantitative estimate of drug-likeness (QED) is 0.899. The predicted octanol–water partition coefficient (Wildman–Crippen LogP) is 3.69. The first-order valence-electron chi connectivity index (χ1n) is 9.24. The standard InChI is InChI=1S/C19H26N4O.ClH/c1-2-6-16(7-3-1)18-21-19(24-22-18)17-8-4-5-13-23(17)14-15-9-11-20-12-10-15;/h1-3,6-7,15,17,20H,4-5,8-14H2;1H. The molecular weight excluding hydrogens is 336 g/mol. The number of hydrogen-bond acceptors (Lipinski definition) is 5. The second kappa shape index (κ2) is 8.79. The van der Waals surface area contributed by atoms with E-state index in [-0.39, 0.29) is 12.4 Å². The number of piperidine rings is 2. The van der Waals surface area contributed by atoms with Gasteiger partial charge in [0.2, 0.25) is 11.7 Å². The molecule has 0 aliphatic carbocycles. The summed E-state index contributed by atoms with van der Waals surface area (Å²) >= 11 is 0. The first kappa shape index (κ1) is 18.4. The van der Waals surface area contributed by atoms with E-state index in [0.717, 1.165) is 50.0 Å². The van der Waals surface area contributed by atoms with Crippen molar-refractivity contribution in [1.82, 2.24) is 20.4 Å². The molecule has 2 aliphatic heterocycles. The maximum Gasteiger partial charge on any atom is 0.244 e. The molecule has 2 saturated heterocycles. The fourth-order valence-corrected chi connectivity index (χ4v) is 3.96. The molecule has 1 atom stereocenters. The third kappa shape index (κ3) is 4.40. The van der Waals surface area contributed by atoms with Gasteiger partial charge >= 0.3 is 0 Å². The number of halogens is 1. The summed E-state index contributed by atoms with van der Waals surface area (Å²) in [6, 6.07) is 10.4. The van der Waals surface area contributed by atoms with E-state index in [1.807, 2.05) is 30.3 Å². The lowest BCUT2D eigenvalue weighted by Gasteiger charge is -2.37. The summed E-state index contributed by atoms with van der Waals surface area (Å²) in [6.45, 7) is 4.62. The fourth-order valence-electron chi connectivity index (χ4n) is 3.96. The number of nitrogens with zero attached hydrogens (tertiary/aromatic N) is 3. The highest BCUT2D eigenvalue weighted by molar-refractivity contribution is 5.85. The second-order valence-electron chi connectivity index (χ2n) is 7.02. The van der Waals surface area contributed by atoms with Crippen molar-refractivity contribution < 1.29 is 4.52 Å². The normalized spacial score (nSPS) is 22.5. The van der Waals surface area contributed by atoms with E-state index in [0.29, 0.717) is 11.9 Å². The lowest BCUT2D eigenvalue weighted by atomic mass is 9.94. The van der Waals surface area contributed by atoms with Gasteiger partial charge in [-0.3, -0.25) is 4.90 Å². The van der Waals surface area contributed by atoms with Crippen LogP contribution >= 0.6 is 12.4 Å². The predicted molar refractivity (Wildman–Crippen MR) is 101 cm³/mol. The average Bonchev–Trinajstić information content (AvgIpc) is 3.14. The molecule has 1 aromatic heterocycles. The van der Waals surface area contributed by atoms with Gasteiger partial charge in [-0.2, -0.15) is 4.98 Å². The van der Waals surface area contributed by atoms with Crippen LogP contribution in [0, 0.1) is 5.92 Å². The van der Waals surface area contributed by atoms with Crippen LogP contribution in [0.2, 0.25) is 0 Å². The third-order valence-corrected chi connectivity index (χ3v) is 5.32. The van der Waals surface area contributed by atoms with Crippen LogP contribution in [0.3, 0.4) is 0 Å². The maximum atomic E-state index is 5.66. The van der Waals surface area contributed by atoms with Crippen molar-refractivity contribution in [3.63, 3.8) is 0 Å². The summed E-state index contributed by atoms with van der Waals surface area (Å²) in [5.41, 5.74) is 1.02. The van der Waals surface area contributed by atoms with Crippen molar-refractivity contribution in [3.05, 3.63) is 36.2 Å². The van der Waals surface area contributed by atoms with Crippen molar-refractivity contribution in [2.75, 3.05) is 26.2 Å². The van der Waals surface area contributed by atoms with Crippen molar-refractivity contribution in [1.29, 1.82) is 0 Å². The van der Waals surface area contributed by atoms with Crippen LogP contribution in [0.15, 0.2) is 34.9 Å². The molecule has 3 heterocycles. The Kier molecular flexibility index (Phi) is 6.45. The van der Waals surface area contributed by atoms with Gasteiger partial charge in [-0.15, -0.1) is 12.4 Å². The summed E-state index contributed by atoms with van der Waals surface area (Å²) in [5, 5.41) is 7.68. The van der Waals surface area contributed by atoms with Gasteiger partial charge in [-0.05, 0) is 51.2 Å². The van der Waals surface area contributed by atoms with Crippen LogP contribution in [-0.2, 0) is 0 Å². The Balaban J connectivity index is 0.00000182. The molecule has 136 valence electrons. The van der Waals surface area contributed by atoms with E-state index in [4.69, 9.17) is 9.51 Å². The summed E-state index contributed by atoms with van der Waals surface area (Å²) < 4.78 is 5.66. The van der Waals surface area contributed by atoms with Crippen LogP contribution in [-0.4, -0.2) is 41.2 Å². The Morgan fingerprint density at radius 1 is 1.08 bits per heavy atom. The molecule has 5 nitrogen and oxygen atoms in total. The molecule has 6 heteroatoms. The molecule has 0 radical (unpaired) electrons. The van der Waals surface area contributed by atoms with Gasteiger partial charge in [0, 0.05) is 12.1 Å². The van der Waals surface area contributed by atoms with Gasteiger partial charge in [0.05, 0.1) is 6.04 Å². The molecule has 0 bridgehead atoms. The highest BCUT2D eigenvalue weighted by Gasteiger charge is 2.30. The Hall–Kier alpha value is -1.43. The van der Waals surface area contributed by atoms with Gasteiger partial charge in [-0.25, -0.2) is 0 Å². The van der Waals surface area contributed by atoms with Gasteiger partial charge in [0.25, 0.3) is 0 Å². The molecule has 1 unspecified atom stereocenters. The molecule has 0 amide bonds. The summed E-state index contributed by atoms with van der Waals surface area (Å²) in [5.74, 6) is 2.30. The van der Waals surface area contributed by atoms with E-state index in [2.05, 4.69) is 15.4 Å². The van der Waals surface area contributed by atoms with Crippen LogP contribution < -0.4 is 5.32 Å². The third-order valence-electron chi connectivity index (χ3n) is 5.32. The van der Waals surface area contributed by atoms with Gasteiger partial charge in [0.15, 0.2) is 0 Å². The van der Waals surface area contributed by atoms with E-state index in [1.165, 1.54) is 25.7 Å². The highest BCUT2D eigenvalue weighted by atomic mass is 35.5. The number of aromatic nitrogens is 2. The molecule has 2 aliphatic rings. The minimum Gasteiger partial charge on any atom is -0.337 e. The molecule has 2 fully saturated rings. The number of rotatable bonds is 4. The monoisotopic (exact) mass is 362 g/mol. The minimum atomic E-state index is 0. The average molecular weight is 363 g/mol. The first-order chi connectivity index (χ1) is 11.9. The lowest BCUT2D eigenvalue weighted by Crippen LogP contribution is -2.40. The molecule has 1 N–H and O–H groups in total. The number of benzene rings is 1. The van der Waals surface area contributed by atoms with Gasteiger partial charge in [0.1, 0.15) is 0 Å².